The number of anilines is 4. The van der Waals surface area contributed by atoms with Crippen LogP contribution in [0.5, 0.6) is 0 Å². The Bertz CT molecular complexity index is 1410. The number of nitrogens with zero attached hydrogens (tertiary/aromatic N) is 1. The van der Waals surface area contributed by atoms with Crippen LogP contribution in [0.3, 0.4) is 0 Å². The molecule has 3 unspecified atom stereocenters. The summed E-state index contributed by atoms with van der Waals surface area (Å²) in [6, 6.07) is 45.9. The molecule has 0 aliphatic carbocycles. The fraction of sp³-hybridized carbons (Fsp3) is 0.286. The van der Waals surface area contributed by atoms with Gasteiger partial charge < -0.3 is 24.8 Å². The molecule has 8 heteroatoms. The number of nitrogen functional groups attached to an aromatic ring is 1. The average Bonchev–Trinajstić information content (AvgIpc) is 3.09. The first kappa shape index (κ1) is 51.2. The number of rotatable bonds is 12. The topological polar surface area (TPSA) is 57.0 Å². The maximum Gasteiger partial charge on any atom is 0.0502 e. The molecule has 5 aromatic carbocycles. The summed E-state index contributed by atoms with van der Waals surface area (Å²) in [6.45, 7) is 4.39. The Morgan fingerprint density at radius 3 is 1.04 bits per heavy atom. The van der Waals surface area contributed by atoms with Crippen molar-refractivity contribution in [2.24, 2.45) is 0 Å². The van der Waals surface area contributed by atoms with Crippen LogP contribution in [-0.4, -0.2) is 41.2 Å². The predicted octanol–water partition coefficient (Wildman–Crippen LogP) is 10.4. The van der Waals surface area contributed by atoms with Crippen LogP contribution >= 0.6 is 29.7 Å². The Hall–Kier alpha value is -3.13. The maximum atomic E-state index is 5.36. The van der Waals surface area contributed by atoms with E-state index in [0.717, 1.165) is 61.8 Å². The molecule has 0 fully saturated rings. The van der Waals surface area contributed by atoms with Crippen molar-refractivity contribution >= 4 is 52.4 Å². The first-order chi connectivity index (χ1) is 22.0. The smallest absolute Gasteiger partial charge is 0.0502 e. The lowest BCUT2D eigenvalue weighted by atomic mass is 10.1. The number of hydrogen-bond donors (Lipinski definition) is 1. The highest BCUT2D eigenvalue weighted by atomic mass is 31.0. The van der Waals surface area contributed by atoms with E-state index in [9.17, 15) is 0 Å². The standard InChI is InChI=1S/C24H27NO2.C10H14O.C6H7N.2CH4.3H3P/c1-26-18-16-20-8-12-23(13-9-20)25(22-6-4-3-5-7-22)24-14-10-21(11-15-24)17-19-27-2;1-9-3-5-10(6-4-9)7-8-11-2;7-6-4-2-1-3-5-6;;;;;/h3-15H,16-19H2,1-2H3;3-6H,7-8H2,1-2H3;1-5H,7H2;2*1H4;3*1H3. The van der Waals surface area contributed by atoms with E-state index in [4.69, 9.17) is 19.9 Å². The molecule has 5 nitrogen and oxygen atoms in total. The number of aryl methyl sites for hydroxylation is 1. The number of methoxy groups -OCH3 is 3. The van der Waals surface area contributed by atoms with Gasteiger partial charge in [0, 0.05) is 44.1 Å². The summed E-state index contributed by atoms with van der Waals surface area (Å²) in [7, 11) is 5.21. The summed E-state index contributed by atoms with van der Waals surface area (Å²) in [5.74, 6) is 0. The third kappa shape index (κ3) is 19.3. The first-order valence-electron chi connectivity index (χ1n) is 15.4. The van der Waals surface area contributed by atoms with Crippen LogP contribution in [0.2, 0.25) is 0 Å². The van der Waals surface area contributed by atoms with E-state index >= 15 is 0 Å². The monoisotopic (exact) mass is 738 g/mol. The van der Waals surface area contributed by atoms with Gasteiger partial charge in [-0.25, -0.2) is 0 Å². The lowest BCUT2D eigenvalue weighted by Gasteiger charge is -2.26. The maximum absolute atomic E-state index is 5.36. The van der Waals surface area contributed by atoms with E-state index in [2.05, 4.69) is 109 Å². The number of para-hydroxylation sites is 2. The molecule has 3 atom stereocenters. The molecule has 5 rings (SSSR count). The Labute approximate surface area is 314 Å². The van der Waals surface area contributed by atoms with Crippen molar-refractivity contribution in [3.63, 3.8) is 0 Å². The first-order valence-corrected chi connectivity index (χ1v) is 15.4. The van der Waals surface area contributed by atoms with Crippen LogP contribution in [0.4, 0.5) is 22.7 Å². The number of ether oxygens (including phenoxy) is 3. The van der Waals surface area contributed by atoms with Crippen LogP contribution in [-0.2, 0) is 33.5 Å². The van der Waals surface area contributed by atoms with Crippen LogP contribution < -0.4 is 10.6 Å². The zero-order valence-electron chi connectivity index (χ0n) is 29.3. The second-order valence-corrected chi connectivity index (χ2v) is 10.6. The number of benzene rings is 5. The summed E-state index contributed by atoms with van der Waals surface area (Å²) in [6.07, 6.45) is 2.86. The molecule has 0 amide bonds. The molecular weight excluding hydrogens is 673 g/mol. The SMILES string of the molecule is C.C.COCCc1ccc(C)cc1.COCCc1ccc(N(c2ccccc2)c2ccc(CCOC)cc2)cc1.Nc1ccccc1.P.P.P. The van der Waals surface area contributed by atoms with Gasteiger partial charge in [-0.1, -0.05) is 105 Å². The van der Waals surface area contributed by atoms with Gasteiger partial charge in [0.1, 0.15) is 0 Å². The van der Waals surface area contributed by atoms with Crippen LogP contribution in [0.25, 0.3) is 0 Å². The van der Waals surface area contributed by atoms with E-state index < -0.39 is 0 Å². The van der Waals surface area contributed by atoms with Crippen LogP contribution in [0.1, 0.15) is 37.1 Å². The van der Waals surface area contributed by atoms with Gasteiger partial charge in [0.05, 0.1) is 19.8 Å². The van der Waals surface area contributed by atoms with Crippen molar-refractivity contribution in [2.45, 2.75) is 41.0 Å². The van der Waals surface area contributed by atoms with E-state index in [1.165, 1.54) is 22.3 Å². The Balaban J connectivity index is -0.000000802. The lowest BCUT2D eigenvalue weighted by Crippen LogP contribution is -2.10. The van der Waals surface area contributed by atoms with Gasteiger partial charge in [0.15, 0.2) is 0 Å². The van der Waals surface area contributed by atoms with Gasteiger partial charge in [-0.3, -0.25) is 0 Å². The van der Waals surface area contributed by atoms with E-state index in [1.54, 1.807) is 21.3 Å². The minimum Gasteiger partial charge on any atom is -0.399 e. The molecule has 2 N–H and O–H groups in total. The van der Waals surface area contributed by atoms with Gasteiger partial charge >= 0.3 is 0 Å². The van der Waals surface area contributed by atoms with Crippen molar-refractivity contribution in [1.82, 2.24) is 0 Å². The van der Waals surface area contributed by atoms with Crippen molar-refractivity contribution < 1.29 is 14.2 Å². The molecule has 0 aliphatic rings. The van der Waals surface area contributed by atoms with Crippen molar-refractivity contribution in [1.29, 1.82) is 0 Å². The highest BCUT2D eigenvalue weighted by Gasteiger charge is 2.12. The zero-order chi connectivity index (χ0) is 32.1. The summed E-state index contributed by atoms with van der Waals surface area (Å²) in [5, 5.41) is 0. The molecule has 50 heavy (non-hydrogen) atoms. The molecule has 5 aromatic rings. The minimum absolute atomic E-state index is 0. The number of nitrogens with two attached hydrogens (primary N) is 1. The van der Waals surface area contributed by atoms with Gasteiger partial charge in [-0.05, 0) is 91.4 Å². The Morgan fingerprint density at radius 2 is 0.740 bits per heavy atom. The third-order valence-corrected chi connectivity index (χ3v) is 7.11. The molecule has 0 spiro atoms. The van der Waals surface area contributed by atoms with E-state index in [0.29, 0.717) is 0 Å². The molecule has 0 saturated carbocycles. The molecule has 0 heterocycles. The van der Waals surface area contributed by atoms with E-state index in [-0.39, 0.29) is 44.6 Å². The Kier molecular flexibility index (Phi) is 31.4. The predicted molar refractivity (Wildman–Crippen MR) is 237 cm³/mol. The summed E-state index contributed by atoms with van der Waals surface area (Å²) in [4.78, 5) is 2.28. The fourth-order valence-electron chi connectivity index (χ4n) is 4.52. The fourth-order valence-corrected chi connectivity index (χ4v) is 4.52. The Morgan fingerprint density at radius 1 is 0.440 bits per heavy atom. The minimum atomic E-state index is 0. The molecule has 0 saturated heterocycles. The van der Waals surface area contributed by atoms with E-state index in [1.807, 2.05) is 36.4 Å². The van der Waals surface area contributed by atoms with Crippen molar-refractivity contribution in [3.05, 3.63) is 156 Å². The van der Waals surface area contributed by atoms with Crippen molar-refractivity contribution in [2.75, 3.05) is 51.8 Å². The quantitative estimate of drug-likeness (QED) is 0.102. The zero-order valence-corrected chi connectivity index (χ0v) is 33.6. The molecule has 0 radical (unpaired) electrons. The van der Waals surface area contributed by atoms with Crippen LogP contribution in [0.15, 0.2) is 133 Å². The molecule has 0 aliphatic heterocycles. The van der Waals surface area contributed by atoms with Gasteiger partial charge in [0.2, 0.25) is 0 Å². The summed E-state index contributed by atoms with van der Waals surface area (Å²) < 4.78 is 15.3. The van der Waals surface area contributed by atoms with Gasteiger partial charge in [-0.2, -0.15) is 29.7 Å². The van der Waals surface area contributed by atoms with Crippen molar-refractivity contribution in [3.8, 4) is 0 Å². The average molecular weight is 739 g/mol. The van der Waals surface area contributed by atoms with Crippen LogP contribution in [0, 0.1) is 6.92 Å². The summed E-state index contributed by atoms with van der Waals surface area (Å²) >= 11 is 0. The highest BCUT2D eigenvalue weighted by Crippen LogP contribution is 2.34. The molecule has 0 bridgehead atoms. The lowest BCUT2D eigenvalue weighted by molar-refractivity contribution is 0.202. The largest absolute Gasteiger partial charge is 0.399 e. The normalized spacial score (nSPS) is 9.20. The van der Waals surface area contributed by atoms with Gasteiger partial charge in [-0.15, -0.1) is 0 Å². The number of hydrogen-bond acceptors (Lipinski definition) is 5. The molecule has 276 valence electrons. The summed E-state index contributed by atoms with van der Waals surface area (Å²) in [5.41, 5.74) is 14.8. The molecular formula is C42H65N2O3P3. The third-order valence-electron chi connectivity index (χ3n) is 7.11. The highest BCUT2D eigenvalue weighted by molar-refractivity contribution is 6.92. The van der Waals surface area contributed by atoms with Gasteiger partial charge in [0.25, 0.3) is 0 Å². The second-order valence-electron chi connectivity index (χ2n) is 10.6. The molecule has 0 aromatic heterocycles. The second kappa shape index (κ2) is 30.7.